The molecule has 2 rings (SSSR count). The summed E-state index contributed by atoms with van der Waals surface area (Å²) in [6.45, 7) is 4.93. The first kappa shape index (κ1) is 28.9. The minimum atomic E-state index is -6.03. The normalized spacial score (nSPS) is 13.3. The number of ether oxygens (including phenoxy) is 1. The highest BCUT2D eigenvalue weighted by molar-refractivity contribution is 5.97. The molecule has 36 heavy (non-hydrogen) atoms. The molecular weight excluding hydrogens is 500 g/mol. The number of halogens is 6. The molecule has 1 atom stereocenters. The van der Waals surface area contributed by atoms with Crippen LogP contribution in [0.25, 0.3) is 11.1 Å². The second-order valence-corrected chi connectivity index (χ2v) is 7.82. The van der Waals surface area contributed by atoms with Crippen molar-refractivity contribution in [3.63, 3.8) is 0 Å². The Balaban J connectivity index is 2.40. The third-order valence-electron chi connectivity index (χ3n) is 5.33. The fourth-order valence-electron chi connectivity index (χ4n) is 3.41. The topological polar surface area (TPSA) is 105 Å². The van der Waals surface area contributed by atoms with Gasteiger partial charge in [-0.3, -0.25) is 4.90 Å². The summed E-state index contributed by atoms with van der Waals surface area (Å²) in [7, 11) is 1.28. The second kappa shape index (κ2) is 10.8. The number of carbonyl (C=O) groups is 2. The van der Waals surface area contributed by atoms with E-state index in [2.05, 4.69) is 10.5 Å². The molecule has 0 spiro atoms. The summed E-state index contributed by atoms with van der Waals surface area (Å²) >= 11 is 0. The van der Waals surface area contributed by atoms with Crippen LogP contribution in [0.15, 0.2) is 28.8 Å². The molecule has 1 aromatic carbocycles. The number of alkyl halides is 6. The minimum absolute atomic E-state index is 0.0642. The molecule has 200 valence electrons. The molecule has 14 heteroatoms. The third-order valence-corrected chi connectivity index (χ3v) is 5.33. The number of benzene rings is 1. The van der Waals surface area contributed by atoms with Gasteiger partial charge in [-0.15, -0.1) is 0 Å². The van der Waals surface area contributed by atoms with Crippen LogP contribution in [0, 0.1) is 6.92 Å². The van der Waals surface area contributed by atoms with Crippen LogP contribution in [-0.4, -0.2) is 54.3 Å². The van der Waals surface area contributed by atoms with Gasteiger partial charge in [0.1, 0.15) is 11.8 Å². The van der Waals surface area contributed by atoms with Crippen molar-refractivity contribution in [1.29, 1.82) is 0 Å². The SMILES string of the molecule is CCCC(NC(=O)N(C)c1noc(C)c1-c1ccc(C(O)(C(F)(F)F)C(F)(F)F)cc1)C(=O)OCC. The van der Waals surface area contributed by atoms with Gasteiger partial charge < -0.3 is 19.7 Å². The second-order valence-electron chi connectivity index (χ2n) is 7.82. The number of anilines is 1. The Hall–Kier alpha value is -3.29. The number of nitrogens with zero attached hydrogens (tertiary/aromatic N) is 2. The first-order chi connectivity index (χ1) is 16.6. The van der Waals surface area contributed by atoms with E-state index in [9.17, 15) is 41.0 Å². The molecule has 2 N–H and O–H groups in total. The van der Waals surface area contributed by atoms with Crippen molar-refractivity contribution in [2.45, 2.75) is 57.6 Å². The lowest BCUT2D eigenvalue weighted by Gasteiger charge is -2.32. The maximum atomic E-state index is 13.2. The first-order valence-electron chi connectivity index (χ1n) is 10.7. The molecule has 1 heterocycles. The Morgan fingerprint density at radius 2 is 1.67 bits per heavy atom. The van der Waals surface area contributed by atoms with E-state index in [0.717, 1.165) is 17.0 Å². The average Bonchev–Trinajstić information content (AvgIpc) is 3.17. The molecule has 8 nitrogen and oxygen atoms in total. The number of hydrogen-bond donors (Lipinski definition) is 2. The van der Waals surface area contributed by atoms with Gasteiger partial charge in [0.25, 0.3) is 5.60 Å². The molecule has 0 saturated heterocycles. The number of aliphatic hydroxyl groups is 1. The van der Waals surface area contributed by atoms with Crippen LogP contribution in [0.1, 0.15) is 38.0 Å². The Morgan fingerprint density at radius 3 is 2.14 bits per heavy atom. The number of urea groups is 1. The Labute approximate surface area is 202 Å². The van der Waals surface area contributed by atoms with E-state index in [1.54, 1.807) is 13.8 Å². The maximum absolute atomic E-state index is 13.2. The highest BCUT2D eigenvalue weighted by Gasteiger charge is 2.71. The summed E-state index contributed by atoms with van der Waals surface area (Å²) < 4.78 is 89.0. The van der Waals surface area contributed by atoms with Crippen molar-refractivity contribution in [2.75, 3.05) is 18.6 Å². The fourth-order valence-corrected chi connectivity index (χ4v) is 3.41. The molecule has 0 fully saturated rings. The predicted octanol–water partition coefficient (Wildman–Crippen LogP) is 4.84. The van der Waals surface area contributed by atoms with Crippen LogP contribution < -0.4 is 10.2 Å². The van der Waals surface area contributed by atoms with Gasteiger partial charge in [-0.1, -0.05) is 42.8 Å². The largest absolute Gasteiger partial charge is 0.464 e. The predicted molar refractivity (Wildman–Crippen MR) is 115 cm³/mol. The van der Waals surface area contributed by atoms with Gasteiger partial charge in [0.15, 0.2) is 5.82 Å². The number of aryl methyl sites for hydroxylation is 1. The van der Waals surface area contributed by atoms with Gasteiger partial charge in [-0.25, -0.2) is 9.59 Å². The fraction of sp³-hybridized carbons (Fsp3) is 0.500. The van der Waals surface area contributed by atoms with Crippen LogP contribution in [0.4, 0.5) is 37.0 Å². The lowest BCUT2D eigenvalue weighted by atomic mass is 9.90. The van der Waals surface area contributed by atoms with E-state index in [1.807, 2.05) is 0 Å². The van der Waals surface area contributed by atoms with Crippen molar-refractivity contribution < 1.29 is 50.3 Å². The zero-order valence-corrected chi connectivity index (χ0v) is 19.8. The standard InChI is InChI=1S/C22H25F6N3O5/c1-5-7-15(18(32)35-6-2)29-19(33)31(4)17-16(12(3)36-30-17)13-8-10-14(11-9-13)20(34,21(23,24)25)22(26,27)28/h8-11,15,34H,5-7H2,1-4H3,(H,29,33). The van der Waals surface area contributed by atoms with Gasteiger partial charge in [-0.05, 0) is 25.8 Å². The monoisotopic (exact) mass is 525 g/mol. The van der Waals surface area contributed by atoms with Crippen LogP contribution >= 0.6 is 0 Å². The van der Waals surface area contributed by atoms with E-state index in [4.69, 9.17) is 9.26 Å². The zero-order chi connectivity index (χ0) is 27.5. The zero-order valence-electron chi connectivity index (χ0n) is 19.8. The number of aromatic nitrogens is 1. The first-order valence-corrected chi connectivity index (χ1v) is 10.7. The van der Waals surface area contributed by atoms with Gasteiger partial charge in [0.2, 0.25) is 0 Å². The molecule has 2 aromatic rings. The van der Waals surface area contributed by atoms with Crippen LogP contribution in [0.3, 0.4) is 0 Å². The molecule has 0 radical (unpaired) electrons. The van der Waals surface area contributed by atoms with Crippen molar-refractivity contribution in [3.8, 4) is 11.1 Å². The summed E-state index contributed by atoms with van der Waals surface area (Å²) in [5.74, 6) is -0.649. The highest BCUT2D eigenvalue weighted by atomic mass is 19.4. The number of carbonyl (C=O) groups excluding carboxylic acids is 2. The van der Waals surface area contributed by atoms with Gasteiger partial charge in [0.05, 0.1) is 12.2 Å². The molecule has 0 aliphatic heterocycles. The molecule has 2 amide bonds. The number of esters is 1. The van der Waals surface area contributed by atoms with Crippen molar-refractivity contribution in [3.05, 3.63) is 35.6 Å². The molecule has 0 bridgehead atoms. The quantitative estimate of drug-likeness (QED) is 0.378. The molecular formula is C22H25F6N3O5. The van der Waals surface area contributed by atoms with Crippen molar-refractivity contribution in [1.82, 2.24) is 10.5 Å². The van der Waals surface area contributed by atoms with Crippen molar-refractivity contribution >= 4 is 17.8 Å². The Bertz CT molecular complexity index is 1050. The van der Waals surface area contributed by atoms with E-state index < -0.39 is 41.6 Å². The lowest BCUT2D eigenvalue weighted by molar-refractivity contribution is -0.376. The lowest BCUT2D eigenvalue weighted by Crippen LogP contribution is -2.53. The summed E-state index contributed by atoms with van der Waals surface area (Å²) in [5, 5.41) is 15.8. The summed E-state index contributed by atoms with van der Waals surface area (Å²) in [6.07, 6.45) is -11.2. The van der Waals surface area contributed by atoms with Crippen LogP contribution in [0.5, 0.6) is 0 Å². The molecule has 1 aromatic heterocycles. The van der Waals surface area contributed by atoms with Gasteiger partial charge >= 0.3 is 24.4 Å². The molecule has 0 aliphatic carbocycles. The van der Waals surface area contributed by atoms with Gasteiger partial charge in [-0.2, -0.15) is 26.3 Å². The van der Waals surface area contributed by atoms with E-state index in [-0.39, 0.29) is 35.7 Å². The van der Waals surface area contributed by atoms with E-state index in [0.29, 0.717) is 18.6 Å². The Morgan fingerprint density at radius 1 is 1.11 bits per heavy atom. The summed E-state index contributed by atoms with van der Waals surface area (Å²) in [5.41, 5.74) is -6.35. The maximum Gasteiger partial charge on any atom is 0.430 e. The smallest absolute Gasteiger partial charge is 0.430 e. The van der Waals surface area contributed by atoms with Crippen molar-refractivity contribution in [2.24, 2.45) is 0 Å². The number of hydrogen-bond acceptors (Lipinski definition) is 6. The van der Waals surface area contributed by atoms with Crippen LogP contribution in [0.2, 0.25) is 0 Å². The molecule has 1 unspecified atom stereocenters. The highest BCUT2D eigenvalue weighted by Crippen LogP contribution is 2.50. The van der Waals surface area contributed by atoms with Crippen LogP contribution in [-0.2, 0) is 15.1 Å². The third kappa shape index (κ3) is 5.58. The van der Waals surface area contributed by atoms with E-state index >= 15 is 0 Å². The molecule has 0 aliphatic rings. The van der Waals surface area contributed by atoms with Gasteiger partial charge in [0, 0.05) is 12.6 Å². The Kier molecular flexibility index (Phi) is 8.65. The van der Waals surface area contributed by atoms with E-state index in [1.165, 1.54) is 14.0 Å². The number of amides is 2. The number of nitrogens with one attached hydrogen (secondary N) is 1. The number of rotatable bonds is 8. The molecule has 0 saturated carbocycles. The summed E-state index contributed by atoms with van der Waals surface area (Å²) in [4.78, 5) is 25.9. The summed E-state index contributed by atoms with van der Waals surface area (Å²) in [6, 6.07) is 1.03. The average molecular weight is 525 g/mol. The minimum Gasteiger partial charge on any atom is -0.464 e.